The van der Waals surface area contributed by atoms with Gasteiger partial charge in [0.2, 0.25) is 0 Å². The summed E-state index contributed by atoms with van der Waals surface area (Å²) in [6.45, 7) is 3.67. The van der Waals surface area contributed by atoms with Crippen LogP contribution < -0.4 is 5.32 Å². The van der Waals surface area contributed by atoms with E-state index in [0.717, 1.165) is 43.1 Å². The molecule has 0 aliphatic carbocycles. The largest absolute Gasteiger partial charge is 0.306 e. The third kappa shape index (κ3) is 4.20. The molecule has 1 saturated heterocycles. The van der Waals surface area contributed by atoms with Gasteiger partial charge in [-0.25, -0.2) is 9.97 Å². The van der Waals surface area contributed by atoms with Crippen LogP contribution >= 0.6 is 0 Å². The lowest BCUT2D eigenvalue weighted by Gasteiger charge is -2.23. The molecular weight excluding hydrogens is 352 g/mol. The molecule has 3 aromatic heterocycles. The monoisotopic (exact) mass is 374 g/mol. The maximum absolute atomic E-state index is 12.4. The highest BCUT2D eigenvalue weighted by atomic mass is 16.1. The van der Waals surface area contributed by atoms with Crippen molar-refractivity contribution in [3.05, 3.63) is 77.8 Å². The first-order valence-corrected chi connectivity index (χ1v) is 9.40. The minimum absolute atomic E-state index is 0.124. The van der Waals surface area contributed by atoms with E-state index < -0.39 is 0 Å². The zero-order chi connectivity index (χ0) is 19.3. The zero-order valence-electron chi connectivity index (χ0n) is 15.7. The van der Waals surface area contributed by atoms with E-state index in [4.69, 9.17) is 0 Å². The van der Waals surface area contributed by atoms with Crippen LogP contribution in [0.3, 0.4) is 0 Å². The molecule has 0 aromatic carbocycles. The number of nitrogens with zero attached hydrogens (tertiary/aromatic N) is 5. The lowest BCUT2D eigenvalue weighted by atomic mass is 10.2. The third-order valence-electron chi connectivity index (χ3n) is 4.81. The van der Waals surface area contributed by atoms with Crippen LogP contribution in [-0.2, 0) is 6.54 Å². The molecule has 1 atom stereocenters. The number of rotatable bonds is 5. The highest BCUT2D eigenvalue weighted by molar-refractivity contribution is 6.03. The molecule has 1 amide bonds. The standard InChI is InChI=1S/C21H22N6O/c1-15-13-19(26-21(28)16-7-10-22-11-8-16)25-20(24-15)18-6-4-12-27(18)14-17-5-2-3-9-23-17/h2-3,5,7-11,13,18H,4,6,12,14H2,1H3,(H,24,25,26,28). The molecular formula is C21H22N6O. The highest BCUT2D eigenvalue weighted by Gasteiger charge is 2.29. The predicted molar refractivity (Wildman–Crippen MR) is 106 cm³/mol. The number of nitrogens with one attached hydrogen (secondary N) is 1. The van der Waals surface area contributed by atoms with Crippen molar-refractivity contribution in [2.45, 2.75) is 32.4 Å². The van der Waals surface area contributed by atoms with Crippen molar-refractivity contribution in [3.63, 3.8) is 0 Å². The van der Waals surface area contributed by atoms with Crippen molar-refractivity contribution in [2.75, 3.05) is 11.9 Å². The molecule has 4 heterocycles. The molecule has 0 spiro atoms. The highest BCUT2D eigenvalue weighted by Crippen LogP contribution is 2.31. The normalized spacial score (nSPS) is 16.8. The maximum Gasteiger partial charge on any atom is 0.256 e. The Kier molecular flexibility index (Phi) is 5.34. The second-order valence-electron chi connectivity index (χ2n) is 6.89. The number of aryl methyl sites for hydroxylation is 1. The minimum atomic E-state index is -0.205. The van der Waals surface area contributed by atoms with Crippen LogP contribution in [0.4, 0.5) is 5.82 Å². The van der Waals surface area contributed by atoms with Gasteiger partial charge in [0.15, 0.2) is 0 Å². The van der Waals surface area contributed by atoms with Gasteiger partial charge in [-0.15, -0.1) is 0 Å². The quantitative estimate of drug-likeness (QED) is 0.738. The fourth-order valence-corrected chi connectivity index (χ4v) is 3.50. The Morgan fingerprint density at radius 2 is 2.04 bits per heavy atom. The first kappa shape index (κ1) is 18.2. The van der Waals surface area contributed by atoms with Crippen LogP contribution in [0, 0.1) is 6.92 Å². The fraction of sp³-hybridized carbons (Fsp3) is 0.286. The van der Waals surface area contributed by atoms with Crippen molar-refractivity contribution < 1.29 is 4.79 Å². The molecule has 142 valence electrons. The molecule has 3 aromatic rings. The van der Waals surface area contributed by atoms with Gasteiger partial charge in [0.05, 0.1) is 11.7 Å². The number of pyridine rings is 2. The minimum Gasteiger partial charge on any atom is -0.306 e. The summed E-state index contributed by atoms with van der Waals surface area (Å²) in [4.78, 5) is 32.5. The van der Waals surface area contributed by atoms with E-state index in [0.29, 0.717) is 11.4 Å². The predicted octanol–water partition coefficient (Wildman–Crippen LogP) is 3.16. The zero-order valence-corrected chi connectivity index (χ0v) is 15.7. The molecule has 1 fully saturated rings. The molecule has 1 aliphatic heterocycles. The number of carbonyl (C=O) groups is 1. The van der Waals surface area contributed by atoms with Crippen LogP contribution in [-0.4, -0.2) is 37.3 Å². The van der Waals surface area contributed by atoms with Crippen LogP contribution in [0.5, 0.6) is 0 Å². The Bertz CT molecular complexity index is 948. The summed E-state index contributed by atoms with van der Waals surface area (Å²) in [5.41, 5.74) is 2.42. The van der Waals surface area contributed by atoms with E-state index >= 15 is 0 Å². The Morgan fingerprint density at radius 1 is 1.18 bits per heavy atom. The molecule has 0 bridgehead atoms. The van der Waals surface area contributed by atoms with Gasteiger partial charge in [0.25, 0.3) is 5.91 Å². The second-order valence-corrected chi connectivity index (χ2v) is 6.89. The topological polar surface area (TPSA) is 83.9 Å². The van der Waals surface area contributed by atoms with Gasteiger partial charge in [-0.2, -0.15) is 0 Å². The maximum atomic E-state index is 12.4. The summed E-state index contributed by atoms with van der Waals surface area (Å²) in [5.74, 6) is 1.07. The van der Waals surface area contributed by atoms with Crippen molar-refractivity contribution in [1.29, 1.82) is 0 Å². The Hall–Kier alpha value is -3.19. The van der Waals surface area contributed by atoms with Crippen LogP contribution in [0.2, 0.25) is 0 Å². The van der Waals surface area contributed by atoms with Crippen molar-refractivity contribution in [2.24, 2.45) is 0 Å². The Labute approximate surface area is 163 Å². The SMILES string of the molecule is Cc1cc(NC(=O)c2ccncc2)nc(C2CCCN2Cc2ccccn2)n1. The Morgan fingerprint density at radius 3 is 2.82 bits per heavy atom. The number of hydrogen-bond acceptors (Lipinski definition) is 6. The van der Waals surface area contributed by atoms with Gasteiger partial charge >= 0.3 is 0 Å². The third-order valence-corrected chi connectivity index (χ3v) is 4.81. The van der Waals surface area contributed by atoms with Gasteiger partial charge in [0.1, 0.15) is 11.6 Å². The Balaban J connectivity index is 1.53. The van der Waals surface area contributed by atoms with Crippen LogP contribution in [0.1, 0.15) is 46.5 Å². The van der Waals surface area contributed by atoms with E-state index in [9.17, 15) is 4.79 Å². The first-order chi connectivity index (χ1) is 13.7. The molecule has 1 unspecified atom stereocenters. The fourth-order valence-electron chi connectivity index (χ4n) is 3.50. The number of likely N-dealkylation sites (tertiary alicyclic amines) is 1. The lowest BCUT2D eigenvalue weighted by molar-refractivity contribution is 0.102. The average Bonchev–Trinajstić information content (AvgIpc) is 3.17. The molecule has 1 aliphatic rings. The lowest BCUT2D eigenvalue weighted by Crippen LogP contribution is -2.25. The summed E-state index contributed by atoms with van der Waals surface area (Å²) in [7, 11) is 0. The number of carbonyl (C=O) groups excluding carboxylic acids is 1. The molecule has 7 nitrogen and oxygen atoms in total. The summed E-state index contributed by atoms with van der Waals surface area (Å²) >= 11 is 0. The van der Waals surface area contributed by atoms with Gasteiger partial charge in [-0.3, -0.25) is 19.7 Å². The average molecular weight is 374 g/mol. The number of anilines is 1. The van der Waals surface area contributed by atoms with Gasteiger partial charge < -0.3 is 5.32 Å². The van der Waals surface area contributed by atoms with Crippen LogP contribution in [0.25, 0.3) is 0 Å². The summed E-state index contributed by atoms with van der Waals surface area (Å²) in [6, 6.07) is 11.2. The van der Waals surface area contributed by atoms with E-state index in [1.54, 1.807) is 30.6 Å². The van der Waals surface area contributed by atoms with E-state index in [-0.39, 0.29) is 11.9 Å². The van der Waals surface area contributed by atoms with Gasteiger partial charge in [-0.1, -0.05) is 6.07 Å². The van der Waals surface area contributed by atoms with Crippen molar-refractivity contribution in [3.8, 4) is 0 Å². The summed E-state index contributed by atoms with van der Waals surface area (Å²) < 4.78 is 0. The second kappa shape index (κ2) is 8.22. The number of hydrogen-bond donors (Lipinski definition) is 1. The van der Waals surface area contributed by atoms with Gasteiger partial charge in [0, 0.05) is 42.5 Å². The smallest absolute Gasteiger partial charge is 0.256 e. The molecule has 0 saturated carbocycles. The van der Waals surface area contributed by atoms with E-state index in [1.807, 2.05) is 31.3 Å². The number of aromatic nitrogens is 4. The first-order valence-electron chi connectivity index (χ1n) is 9.40. The van der Waals surface area contributed by atoms with Crippen LogP contribution in [0.15, 0.2) is 55.0 Å². The molecule has 1 N–H and O–H groups in total. The number of amides is 1. The van der Waals surface area contributed by atoms with E-state index in [2.05, 4.69) is 30.2 Å². The summed E-state index contributed by atoms with van der Waals surface area (Å²) in [6.07, 6.45) is 7.09. The van der Waals surface area contributed by atoms with Gasteiger partial charge in [-0.05, 0) is 50.6 Å². The summed E-state index contributed by atoms with van der Waals surface area (Å²) in [5, 5.41) is 2.88. The van der Waals surface area contributed by atoms with E-state index in [1.165, 1.54) is 0 Å². The molecule has 28 heavy (non-hydrogen) atoms. The molecule has 7 heteroatoms. The van der Waals surface area contributed by atoms with Crippen molar-refractivity contribution in [1.82, 2.24) is 24.8 Å². The molecule has 4 rings (SSSR count). The molecule has 0 radical (unpaired) electrons. The van der Waals surface area contributed by atoms with Crippen molar-refractivity contribution >= 4 is 11.7 Å².